The molecule has 1 heterocycles. The van der Waals surface area contributed by atoms with Crippen LogP contribution in [-0.2, 0) is 0 Å². The van der Waals surface area contributed by atoms with Crippen molar-refractivity contribution in [2.24, 2.45) is 0 Å². The van der Waals surface area contributed by atoms with Crippen LogP contribution in [0, 0.1) is 10.1 Å². The van der Waals surface area contributed by atoms with Gasteiger partial charge in [-0.05, 0) is 31.2 Å². The maximum atomic E-state index is 10.9. The van der Waals surface area contributed by atoms with Gasteiger partial charge in [-0.3, -0.25) is 10.1 Å². The summed E-state index contributed by atoms with van der Waals surface area (Å²) in [5, 5.41) is 14.2. The molecule has 0 aliphatic rings. The fourth-order valence-corrected chi connectivity index (χ4v) is 2.64. The molecule has 0 bridgehead atoms. The van der Waals surface area contributed by atoms with Crippen LogP contribution in [0.1, 0.15) is 32.1 Å². The summed E-state index contributed by atoms with van der Waals surface area (Å²) in [5.41, 5.74) is 0.728. The summed E-state index contributed by atoms with van der Waals surface area (Å²) >= 11 is 3.41. The average Bonchev–Trinajstić information content (AvgIpc) is 2.94. The number of nitrogens with one attached hydrogen (secondary N) is 1. The fraction of sp³-hybridized carbons (Fsp3) is 0.333. The van der Waals surface area contributed by atoms with E-state index >= 15 is 0 Å². The monoisotopic (exact) mass is 352 g/mol. The quantitative estimate of drug-likeness (QED) is 0.605. The Labute approximate surface area is 131 Å². The standard InChI is InChI=1S/C15H17BrN2O3/c1-3-13(17-4-2)15-8-7-14(21-15)11-9-10(18(19)20)5-6-12(11)16/h5-9,13,17H,3-4H2,1-2H3. The lowest BCUT2D eigenvalue weighted by molar-refractivity contribution is -0.384. The molecule has 0 aliphatic carbocycles. The molecular formula is C15H17BrN2O3. The minimum Gasteiger partial charge on any atom is -0.459 e. The second kappa shape index (κ2) is 6.87. The number of nitro benzene ring substituents is 1. The van der Waals surface area contributed by atoms with E-state index in [1.54, 1.807) is 6.07 Å². The molecule has 0 saturated carbocycles. The lowest BCUT2D eigenvalue weighted by atomic mass is 10.1. The molecule has 1 aromatic carbocycles. The number of hydrogen-bond acceptors (Lipinski definition) is 4. The summed E-state index contributed by atoms with van der Waals surface area (Å²) in [4.78, 5) is 10.5. The number of halogens is 1. The van der Waals surface area contributed by atoms with E-state index in [9.17, 15) is 10.1 Å². The van der Waals surface area contributed by atoms with Crippen molar-refractivity contribution in [3.05, 3.63) is 50.7 Å². The highest BCUT2D eigenvalue weighted by Gasteiger charge is 2.17. The molecule has 2 rings (SSSR count). The van der Waals surface area contributed by atoms with Crippen molar-refractivity contribution >= 4 is 21.6 Å². The Kier molecular flexibility index (Phi) is 5.14. The smallest absolute Gasteiger partial charge is 0.270 e. The Balaban J connectivity index is 2.37. The average molecular weight is 353 g/mol. The van der Waals surface area contributed by atoms with Gasteiger partial charge in [0.15, 0.2) is 0 Å². The van der Waals surface area contributed by atoms with E-state index in [1.165, 1.54) is 12.1 Å². The van der Waals surface area contributed by atoms with Gasteiger partial charge in [-0.1, -0.05) is 29.8 Å². The highest BCUT2D eigenvalue weighted by atomic mass is 79.9. The molecule has 1 atom stereocenters. The van der Waals surface area contributed by atoms with Crippen molar-refractivity contribution in [1.82, 2.24) is 5.32 Å². The molecule has 0 radical (unpaired) electrons. The normalized spacial score (nSPS) is 12.3. The highest BCUT2D eigenvalue weighted by Crippen LogP contribution is 2.34. The van der Waals surface area contributed by atoms with Crippen LogP contribution >= 0.6 is 15.9 Å². The van der Waals surface area contributed by atoms with Crippen molar-refractivity contribution in [2.45, 2.75) is 26.3 Å². The van der Waals surface area contributed by atoms with Gasteiger partial charge < -0.3 is 9.73 Å². The molecule has 0 aliphatic heterocycles. The van der Waals surface area contributed by atoms with Gasteiger partial charge in [0.1, 0.15) is 11.5 Å². The van der Waals surface area contributed by atoms with E-state index < -0.39 is 4.92 Å². The van der Waals surface area contributed by atoms with Crippen molar-refractivity contribution in [3.63, 3.8) is 0 Å². The number of non-ortho nitro benzene ring substituents is 1. The van der Waals surface area contributed by atoms with Gasteiger partial charge in [0.25, 0.3) is 5.69 Å². The molecule has 6 heteroatoms. The van der Waals surface area contributed by atoms with E-state index in [0.717, 1.165) is 23.2 Å². The summed E-state index contributed by atoms with van der Waals surface area (Å²) in [6, 6.07) is 8.56. The zero-order valence-corrected chi connectivity index (χ0v) is 13.5. The molecule has 2 aromatic rings. The molecule has 0 fully saturated rings. The Bertz CT molecular complexity index is 640. The number of rotatable bonds is 6. The largest absolute Gasteiger partial charge is 0.459 e. The lowest BCUT2D eigenvalue weighted by Crippen LogP contribution is -2.19. The summed E-state index contributed by atoms with van der Waals surface area (Å²) in [7, 11) is 0. The first kappa shape index (κ1) is 15.7. The Morgan fingerprint density at radius 3 is 2.71 bits per heavy atom. The SMILES string of the molecule is CCNC(CC)c1ccc(-c2cc([N+](=O)[O-])ccc2Br)o1. The van der Waals surface area contributed by atoms with E-state index in [1.807, 2.05) is 19.1 Å². The second-order valence-electron chi connectivity index (χ2n) is 4.64. The van der Waals surface area contributed by atoms with Gasteiger partial charge in [0.2, 0.25) is 0 Å². The van der Waals surface area contributed by atoms with Crippen molar-refractivity contribution in [3.8, 4) is 11.3 Å². The van der Waals surface area contributed by atoms with Gasteiger partial charge in [-0.15, -0.1) is 0 Å². The summed E-state index contributed by atoms with van der Waals surface area (Å²) in [6.07, 6.45) is 0.914. The molecule has 21 heavy (non-hydrogen) atoms. The predicted molar refractivity (Wildman–Crippen MR) is 85.2 cm³/mol. The van der Waals surface area contributed by atoms with E-state index in [4.69, 9.17) is 4.42 Å². The molecule has 1 aromatic heterocycles. The van der Waals surface area contributed by atoms with Crippen molar-refractivity contribution in [1.29, 1.82) is 0 Å². The minimum atomic E-state index is -0.409. The van der Waals surface area contributed by atoms with Gasteiger partial charge >= 0.3 is 0 Å². The molecular weight excluding hydrogens is 336 g/mol. The third-order valence-electron chi connectivity index (χ3n) is 3.26. The predicted octanol–water partition coefficient (Wildman–Crippen LogP) is 4.68. The molecule has 0 spiro atoms. The van der Waals surface area contributed by atoms with Gasteiger partial charge in [0.05, 0.1) is 11.0 Å². The Morgan fingerprint density at radius 1 is 1.33 bits per heavy atom. The maximum absolute atomic E-state index is 10.9. The second-order valence-corrected chi connectivity index (χ2v) is 5.50. The third-order valence-corrected chi connectivity index (χ3v) is 3.95. The van der Waals surface area contributed by atoms with Crippen LogP contribution < -0.4 is 5.32 Å². The van der Waals surface area contributed by atoms with Crippen LogP contribution in [0.2, 0.25) is 0 Å². The molecule has 1 unspecified atom stereocenters. The number of furan rings is 1. The number of nitro groups is 1. The van der Waals surface area contributed by atoms with Crippen LogP contribution in [0.4, 0.5) is 5.69 Å². The molecule has 1 N–H and O–H groups in total. The van der Waals surface area contributed by atoms with E-state index in [0.29, 0.717) is 11.3 Å². The Hall–Kier alpha value is -1.66. The first-order valence-corrected chi connectivity index (χ1v) is 7.63. The topological polar surface area (TPSA) is 68.3 Å². The number of benzene rings is 1. The number of nitrogens with zero attached hydrogens (tertiary/aromatic N) is 1. The minimum absolute atomic E-state index is 0.0462. The van der Waals surface area contributed by atoms with E-state index in [2.05, 4.69) is 28.2 Å². The van der Waals surface area contributed by atoms with Crippen LogP contribution in [-0.4, -0.2) is 11.5 Å². The highest BCUT2D eigenvalue weighted by molar-refractivity contribution is 9.10. The summed E-state index contributed by atoms with van der Waals surface area (Å²) in [5.74, 6) is 1.46. The summed E-state index contributed by atoms with van der Waals surface area (Å²) in [6.45, 7) is 4.98. The first-order chi connectivity index (χ1) is 10.1. The first-order valence-electron chi connectivity index (χ1n) is 6.84. The van der Waals surface area contributed by atoms with Crippen molar-refractivity contribution < 1.29 is 9.34 Å². The molecule has 0 amide bonds. The summed E-state index contributed by atoms with van der Waals surface area (Å²) < 4.78 is 6.64. The van der Waals surface area contributed by atoms with Crippen molar-refractivity contribution in [2.75, 3.05) is 6.54 Å². The maximum Gasteiger partial charge on any atom is 0.270 e. The van der Waals surface area contributed by atoms with Gasteiger partial charge in [0, 0.05) is 22.2 Å². The van der Waals surface area contributed by atoms with Gasteiger partial charge in [-0.25, -0.2) is 0 Å². The van der Waals surface area contributed by atoms with Crippen LogP contribution in [0.25, 0.3) is 11.3 Å². The van der Waals surface area contributed by atoms with Crippen LogP contribution in [0.15, 0.2) is 39.2 Å². The zero-order chi connectivity index (χ0) is 15.4. The Morgan fingerprint density at radius 2 is 2.10 bits per heavy atom. The number of hydrogen-bond donors (Lipinski definition) is 1. The zero-order valence-electron chi connectivity index (χ0n) is 11.9. The third kappa shape index (κ3) is 3.51. The van der Waals surface area contributed by atoms with Gasteiger partial charge in [-0.2, -0.15) is 0 Å². The fourth-order valence-electron chi connectivity index (χ4n) is 2.19. The van der Waals surface area contributed by atoms with Crippen LogP contribution in [0.5, 0.6) is 0 Å². The van der Waals surface area contributed by atoms with Crippen LogP contribution in [0.3, 0.4) is 0 Å². The molecule has 112 valence electrons. The molecule has 0 saturated heterocycles. The molecule has 5 nitrogen and oxygen atoms in total. The lowest BCUT2D eigenvalue weighted by Gasteiger charge is -2.12. The van der Waals surface area contributed by atoms with E-state index in [-0.39, 0.29) is 11.7 Å².